The van der Waals surface area contributed by atoms with Crippen molar-refractivity contribution in [2.45, 2.75) is 18.3 Å². The summed E-state index contributed by atoms with van der Waals surface area (Å²) in [5.74, 6) is 2.44. The lowest BCUT2D eigenvalue weighted by atomic mass is 9.65. The molecule has 4 heteroatoms. The Balaban J connectivity index is 1.15. The molecule has 0 amide bonds. The fourth-order valence-electron chi connectivity index (χ4n) is 8.90. The molecule has 0 saturated carbocycles. The number of hydrogen-bond acceptors (Lipinski definition) is 4. The fraction of sp³-hybridized carbons (Fsp3) is 0.0600. The van der Waals surface area contributed by atoms with E-state index in [-0.39, 0.29) is 0 Å². The first kappa shape index (κ1) is 30.7. The Morgan fingerprint density at radius 2 is 1.20 bits per heavy atom. The van der Waals surface area contributed by atoms with Crippen LogP contribution < -0.4 is 4.74 Å². The number of allylic oxidation sites excluding steroid dienone is 4. The van der Waals surface area contributed by atoms with E-state index in [1.54, 1.807) is 0 Å². The Bertz CT molecular complexity index is 2820. The third kappa shape index (κ3) is 4.60. The van der Waals surface area contributed by atoms with Crippen molar-refractivity contribution in [2.24, 2.45) is 0 Å². The van der Waals surface area contributed by atoms with Crippen molar-refractivity contribution >= 4 is 16.3 Å². The molecule has 0 fully saturated rings. The number of pyridine rings is 1. The first-order valence-electron chi connectivity index (χ1n) is 18.6. The number of ether oxygens (including phenoxy) is 1. The van der Waals surface area contributed by atoms with Gasteiger partial charge in [0.25, 0.3) is 0 Å². The molecule has 4 nitrogen and oxygen atoms in total. The van der Waals surface area contributed by atoms with E-state index in [0.29, 0.717) is 0 Å². The minimum absolute atomic E-state index is 0.568. The molecule has 0 bridgehead atoms. The largest absolute Gasteiger partial charge is 0.457 e. The molecule has 0 radical (unpaired) electrons. The maximum atomic E-state index is 7.12. The topological polar surface area (TPSA) is 47.9 Å². The molecule has 0 atom stereocenters. The van der Waals surface area contributed by atoms with Crippen molar-refractivity contribution in [3.05, 3.63) is 204 Å². The molecule has 11 rings (SSSR count). The molecule has 1 aliphatic heterocycles. The van der Waals surface area contributed by atoms with Crippen molar-refractivity contribution in [3.63, 3.8) is 0 Å². The molecule has 8 aromatic rings. The van der Waals surface area contributed by atoms with E-state index in [0.717, 1.165) is 91.3 Å². The van der Waals surface area contributed by atoms with E-state index < -0.39 is 5.41 Å². The van der Waals surface area contributed by atoms with Gasteiger partial charge in [-0.05, 0) is 81.4 Å². The number of benzene rings is 6. The van der Waals surface area contributed by atoms with Crippen LogP contribution in [0.4, 0.5) is 0 Å². The fourth-order valence-corrected chi connectivity index (χ4v) is 8.90. The third-order valence-corrected chi connectivity index (χ3v) is 11.3. The average molecular weight is 692 g/mol. The lowest BCUT2D eigenvalue weighted by Gasteiger charge is -2.39. The van der Waals surface area contributed by atoms with E-state index in [4.69, 9.17) is 14.7 Å². The second-order valence-electron chi connectivity index (χ2n) is 14.3. The molecule has 0 unspecified atom stereocenters. The highest BCUT2D eigenvalue weighted by Crippen LogP contribution is 2.62. The zero-order valence-electron chi connectivity index (χ0n) is 29.4. The molecule has 3 heterocycles. The second-order valence-corrected chi connectivity index (χ2v) is 14.3. The van der Waals surface area contributed by atoms with Crippen LogP contribution in [0.5, 0.6) is 11.5 Å². The molecule has 54 heavy (non-hydrogen) atoms. The molecule has 1 spiro atoms. The van der Waals surface area contributed by atoms with Gasteiger partial charge in [-0.15, -0.1) is 0 Å². The molecule has 254 valence electrons. The summed E-state index contributed by atoms with van der Waals surface area (Å²) in [6.07, 6.45) is 12.1. The van der Waals surface area contributed by atoms with E-state index in [2.05, 4.69) is 163 Å². The first-order valence-corrected chi connectivity index (χ1v) is 18.6. The van der Waals surface area contributed by atoms with Crippen LogP contribution in [-0.2, 0) is 5.41 Å². The van der Waals surface area contributed by atoms with Crippen molar-refractivity contribution in [3.8, 4) is 56.3 Å². The Labute approximate surface area is 313 Å². The van der Waals surface area contributed by atoms with Gasteiger partial charge in [0.1, 0.15) is 11.5 Å². The highest BCUT2D eigenvalue weighted by Gasteiger charge is 2.51. The molecule has 2 aliphatic carbocycles. The molecular weight excluding hydrogens is 659 g/mol. The van der Waals surface area contributed by atoms with Gasteiger partial charge in [0.05, 0.1) is 16.8 Å². The van der Waals surface area contributed by atoms with Gasteiger partial charge in [-0.1, -0.05) is 140 Å². The lowest BCUT2D eigenvalue weighted by molar-refractivity contribution is 0.437. The standard InChI is InChI=1S/C50H33N3O/c1-3-12-32(13-4-1)45-30-46(53-49(52-45)33-14-5-2-6-15-33)35-23-25-44-48(29-35)54-47-28-34(37-19-11-16-36-31-51-27-26-38(36)37)22-24-43(47)50(44)41-20-9-7-17-39(41)40-18-8-10-21-42(40)50/h1-5,7-14,16-31H,6,15H2. The Hall–Kier alpha value is -6.91. The average Bonchev–Trinajstić information content (AvgIpc) is 3.54. The van der Waals surface area contributed by atoms with Gasteiger partial charge in [0.15, 0.2) is 5.82 Å². The van der Waals surface area contributed by atoms with Crippen LogP contribution in [0, 0.1) is 0 Å². The maximum Gasteiger partial charge on any atom is 0.156 e. The zero-order valence-corrected chi connectivity index (χ0v) is 29.4. The molecule has 6 aromatic carbocycles. The van der Waals surface area contributed by atoms with Crippen LogP contribution in [0.1, 0.15) is 40.9 Å². The quantitative estimate of drug-likeness (QED) is 0.184. The molecule has 3 aliphatic rings. The van der Waals surface area contributed by atoms with Gasteiger partial charge in [0.2, 0.25) is 0 Å². The number of hydrogen-bond donors (Lipinski definition) is 0. The van der Waals surface area contributed by atoms with Crippen LogP contribution in [0.3, 0.4) is 0 Å². The number of nitrogens with zero attached hydrogens (tertiary/aromatic N) is 3. The first-order chi connectivity index (χ1) is 26.8. The maximum absolute atomic E-state index is 7.12. The van der Waals surface area contributed by atoms with Crippen molar-refractivity contribution in [1.29, 1.82) is 0 Å². The molecule has 0 N–H and O–H groups in total. The third-order valence-electron chi connectivity index (χ3n) is 11.3. The summed E-state index contributed by atoms with van der Waals surface area (Å²) in [6, 6.07) is 52.2. The SMILES string of the molecule is C1=CCCC(c2nc(-c3ccccc3)cc(-c3ccc4c(c3)Oc3cc(-c5cccc6cnccc56)ccc3C43c4ccccc4-c4ccccc43)n2)=C1. The minimum atomic E-state index is -0.568. The van der Waals surface area contributed by atoms with E-state index in [1.807, 2.05) is 18.5 Å². The minimum Gasteiger partial charge on any atom is -0.457 e. The smallest absolute Gasteiger partial charge is 0.156 e. The highest BCUT2D eigenvalue weighted by molar-refractivity contribution is 5.97. The second kappa shape index (κ2) is 12.1. The van der Waals surface area contributed by atoms with Crippen LogP contribution in [-0.4, -0.2) is 15.0 Å². The van der Waals surface area contributed by atoms with Crippen molar-refractivity contribution in [2.75, 3.05) is 0 Å². The number of fused-ring (bicyclic) bond motifs is 10. The highest BCUT2D eigenvalue weighted by atomic mass is 16.5. The van der Waals surface area contributed by atoms with Crippen LogP contribution in [0.15, 0.2) is 176 Å². The van der Waals surface area contributed by atoms with Gasteiger partial charge in [-0.2, -0.15) is 0 Å². The predicted molar refractivity (Wildman–Crippen MR) is 217 cm³/mol. The normalized spacial score (nSPS) is 14.5. The summed E-state index contributed by atoms with van der Waals surface area (Å²) in [6.45, 7) is 0. The monoisotopic (exact) mass is 691 g/mol. The van der Waals surface area contributed by atoms with Gasteiger partial charge in [-0.25, -0.2) is 9.97 Å². The number of rotatable bonds is 4. The summed E-state index contributed by atoms with van der Waals surface area (Å²) in [7, 11) is 0. The summed E-state index contributed by atoms with van der Waals surface area (Å²) in [5, 5.41) is 2.27. The van der Waals surface area contributed by atoms with Crippen LogP contribution in [0.25, 0.3) is 61.1 Å². The van der Waals surface area contributed by atoms with Gasteiger partial charge < -0.3 is 4.74 Å². The van der Waals surface area contributed by atoms with Crippen molar-refractivity contribution < 1.29 is 4.74 Å². The van der Waals surface area contributed by atoms with Gasteiger partial charge >= 0.3 is 0 Å². The van der Waals surface area contributed by atoms with E-state index >= 15 is 0 Å². The van der Waals surface area contributed by atoms with Crippen molar-refractivity contribution in [1.82, 2.24) is 15.0 Å². The molecule has 0 saturated heterocycles. The van der Waals surface area contributed by atoms with Crippen LogP contribution in [0.2, 0.25) is 0 Å². The molecule has 2 aromatic heterocycles. The van der Waals surface area contributed by atoms with E-state index in [9.17, 15) is 0 Å². The van der Waals surface area contributed by atoms with Crippen LogP contribution >= 0.6 is 0 Å². The Morgan fingerprint density at radius 3 is 1.94 bits per heavy atom. The lowest BCUT2D eigenvalue weighted by Crippen LogP contribution is -2.32. The van der Waals surface area contributed by atoms with Gasteiger partial charge in [0, 0.05) is 40.0 Å². The summed E-state index contributed by atoms with van der Waals surface area (Å²) in [4.78, 5) is 14.7. The zero-order chi connectivity index (χ0) is 35.6. The Morgan fingerprint density at radius 1 is 0.537 bits per heavy atom. The number of aromatic nitrogens is 3. The Kier molecular flexibility index (Phi) is 6.86. The summed E-state index contributed by atoms with van der Waals surface area (Å²) < 4.78 is 7.12. The predicted octanol–water partition coefficient (Wildman–Crippen LogP) is 12.2. The van der Waals surface area contributed by atoms with Gasteiger partial charge in [-0.3, -0.25) is 4.98 Å². The van der Waals surface area contributed by atoms with E-state index in [1.165, 1.54) is 22.3 Å². The molecular formula is C50H33N3O. The summed E-state index contributed by atoms with van der Waals surface area (Å²) >= 11 is 0. The summed E-state index contributed by atoms with van der Waals surface area (Å²) in [5.41, 5.74) is 13.9.